The molecule has 0 radical (unpaired) electrons. The van der Waals surface area contributed by atoms with Crippen molar-refractivity contribution in [2.75, 3.05) is 15.9 Å². The van der Waals surface area contributed by atoms with E-state index in [1.165, 1.54) is 19.1 Å². The van der Waals surface area contributed by atoms with E-state index in [1.54, 1.807) is 25.1 Å². The minimum Gasteiger partial charge on any atom is -0.324 e. The smallest absolute Gasteiger partial charge is 0.248 e. The van der Waals surface area contributed by atoms with Gasteiger partial charge in [-0.05, 0) is 61.9 Å². The van der Waals surface area contributed by atoms with E-state index in [0.29, 0.717) is 10.7 Å². The molecule has 134 valence electrons. The van der Waals surface area contributed by atoms with Crippen molar-refractivity contribution in [2.45, 2.75) is 19.9 Å². The van der Waals surface area contributed by atoms with Gasteiger partial charge in [0, 0.05) is 10.7 Å². The average molecular weight is 385 g/mol. The normalized spacial score (nSPS) is 12.5. The third-order valence-electron chi connectivity index (χ3n) is 3.62. The summed E-state index contributed by atoms with van der Waals surface area (Å²) in [6.45, 7) is 3.24. The van der Waals surface area contributed by atoms with E-state index < -0.39 is 27.8 Å². The Morgan fingerprint density at radius 2 is 1.80 bits per heavy atom. The molecule has 0 saturated heterocycles. The van der Waals surface area contributed by atoms with Crippen LogP contribution in [0.3, 0.4) is 0 Å². The van der Waals surface area contributed by atoms with Crippen LogP contribution in [0.4, 0.5) is 15.8 Å². The molecule has 1 amide bonds. The monoisotopic (exact) mass is 384 g/mol. The number of anilines is 2. The zero-order valence-corrected chi connectivity index (χ0v) is 15.5. The summed E-state index contributed by atoms with van der Waals surface area (Å²) in [6.07, 6.45) is 0.994. The van der Waals surface area contributed by atoms with E-state index >= 15 is 0 Å². The Bertz CT molecular complexity index is 885. The molecule has 0 aliphatic rings. The van der Waals surface area contributed by atoms with Crippen molar-refractivity contribution in [3.8, 4) is 0 Å². The summed E-state index contributed by atoms with van der Waals surface area (Å²) in [5, 5.41) is 3.23. The Morgan fingerprint density at radius 1 is 1.20 bits per heavy atom. The Kier molecular flexibility index (Phi) is 5.69. The van der Waals surface area contributed by atoms with Crippen LogP contribution in [-0.4, -0.2) is 26.6 Å². The summed E-state index contributed by atoms with van der Waals surface area (Å²) in [7, 11) is -3.76. The van der Waals surface area contributed by atoms with Crippen molar-refractivity contribution in [1.29, 1.82) is 0 Å². The Labute approximate surface area is 151 Å². The molecule has 0 aliphatic heterocycles. The van der Waals surface area contributed by atoms with Crippen LogP contribution in [0.2, 0.25) is 5.02 Å². The predicted octanol–water partition coefficient (Wildman–Crippen LogP) is 3.58. The number of nitrogens with one attached hydrogen (secondary N) is 1. The van der Waals surface area contributed by atoms with Gasteiger partial charge < -0.3 is 5.32 Å². The molecule has 8 heteroatoms. The van der Waals surface area contributed by atoms with Gasteiger partial charge in [0.15, 0.2) is 0 Å². The maximum absolute atomic E-state index is 13.1. The first-order valence-electron chi connectivity index (χ1n) is 7.41. The highest BCUT2D eigenvalue weighted by Gasteiger charge is 2.29. The van der Waals surface area contributed by atoms with Gasteiger partial charge in [0.2, 0.25) is 15.9 Å². The van der Waals surface area contributed by atoms with Crippen LogP contribution in [0.15, 0.2) is 42.5 Å². The summed E-state index contributed by atoms with van der Waals surface area (Å²) < 4.78 is 38.4. The fourth-order valence-electron chi connectivity index (χ4n) is 2.40. The highest BCUT2D eigenvalue weighted by atomic mass is 35.5. The molecule has 0 spiro atoms. The quantitative estimate of drug-likeness (QED) is 0.856. The van der Waals surface area contributed by atoms with Crippen LogP contribution >= 0.6 is 11.6 Å². The van der Waals surface area contributed by atoms with Gasteiger partial charge in [-0.1, -0.05) is 11.6 Å². The number of halogens is 2. The molecule has 0 saturated carbocycles. The summed E-state index contributed by atoms with van der Waals surface area (Å²) in [5.41, 5.74) is 1.49. The largest absolute Gasteiger partial charge is 0.324 e. The van der Waals surface area contributed by atoms with Crippen molar-refractivity contribution < 1.29 is 17.6 Å². The highest BCUT2D eigenvalue weighted by Crippen LogP contribution is 2.23. The second-order valence-electron chi connectivity index (χ2n) is 5.66. The molecule has 25 heavy (non-hydrogen) atoms. The molecule has 0 unspecified atom stereocenters. The third kappa shape index (κ3) is 4.70. The van der Waals surface area contributed by atoms with Gasteiger partial charge in [0.25, 0.3) is 0 Å². The highest BCUT2D eigenvalue weighted by molar-refractivity contribution is 7.92. The van der Waals surface area contributed by atoms with Gasteiger partial charge in [-0.3, -0.25) is 9.10 Å². The zero-order chi connectivity index (χ0) is 18.8. The van der Waals surface area contributed by atoms with Gasteiger partial charge in [0.05, 0.1) is 11.9 Å². The summed E-state index contributed by atoms with van der Waals surface area (Å²) in [5.74, 6) is -1.01. The number of hydrogen-bond donors (Lipinski definition) is 1. The molecular formula is C17H18ClFN2O3S. The van der Waals surface area contributed by atoms with Crippen LogP contribution < -0.4 is 9.62 Å². The lowest BCUT2D eigenvalue weighted by Crippen LogP contribution is -2.45. The van der Waals surface area contributed by atoms with Crippen molar-refractivity contribution in [3.63, 3.8) is 0 Å². The van der Waals surface area contributed by atoms with Gasteiger partial charge in [0.1, 0.15) is 11.9 Å². The number of aryl methyl sites for hydroxylation is 1. The fourth-order valence-corrected chi connectivity index (χ4v) is 3.80. The zero-order valence-electron chi connectivity index (χ0n) is 14.0. The molecule has 0 aromatic heterocycles. The molecule has 0 fully saturated rings. The number of sulfonamides is 1. The molecular weight excluding hydrogens is 367 g/mol. The number of rotatable bonds is 5. The van der Waals surface area contributed by atoms with Crippen molar-refractivity contribution >= 4 is 38.9 Å². The molecule has 0 aliphatic carbocycles. The van der Waals surface area contributed by atoms with Crippen molar-refractivity contribution in [3.05, 3.63) is 58.9 Å². The van der Waals surface area contributed by atoms with E-state index in [9.17, 15) is 17.6 Å². The number of hydrogen-bond acceptors (Lipinski definition) is 3. The molecule has 2 aromatic carbocycles. The SMILES string of the molecule is Cc1cc(Cl)ccc1NC(=O)[C@@H](C)N(c1ccc(F)cc1)S(C)(=O)=O. The molecule has 1 atom stereocenters. The lowest BCUT2D eigenvalue weighted by atomic mass is 10.2. The molecule has 0 bridgehead atoms. The fraction of sp³-hybridized carbons (Fsp3) is 0.235. The number of carbonyl (C=O) groups excluding carboxylic acids is 1. The second-order valence-corrected chi connectivity index (χ2v) is 7.96. The van der Waals surface area contributed by atoms with Crippen molar-refractivity contribution in [2.24, 2.45) is 0 Å². The number of carbonyl (C=O) groups is 1. The van der Waals surface area contributed by atoms with Crippen LogP contribution in [0.1, 0.15) is 12.5 Å². The predicted molar refractivity (Wildman–Crippen MR) is 98.0 cm³/mol. The maximum Gasteiger partial charge on any atom is 0.248 e. The average Bonchev–Trinajstić information content (AvgIpc) is 2.50. The number of nitrogens with zero attached hydrogens (tertiary/aromatic N) is 1. The van der Waals surface area contributed by atoms with E-state index in [2.05, 4.69) is 5.32 Å². The molecule has 2 rings (SSSR count). The lowest BCUT2D eigenvalue weighted by molar-refractivity contribution is -0.116. The van der Waals surface area contributed by atoms with Gasteiger partial charge in [-0.2, -0.15) is 0 Å². The first-order chi connectivity index (χ1) is 11.6. The summed E-state index contributed by atoms with van der Waals surface area (Å²) in [6, 6.07) is 8.84. The van der Waals surface area contributed by atoms with Gasteiger partial charge in [-0.25, -0.2) is 12.8 Å². The summed E-state index contributed by atoms with van der Waals surface area (Å²) in [4.78, 5) is 12.6. The minimum absolute atomic E-state index is 0.208. The van der Waals surface area contributed by atoms with Crippen LogP contribution in [0.5, 0.6) is 0 Å². The number of amides is 1. The van der Waals surface area contributed by atoms with E-state index in [-0.39, 0.29) is 5.69 Å². The first kappa shape index (κ1) is 19.2. The topological polar surface area (TPSA) is 66.5 Å². The van der Waals surface area contributed by atoms with E-state index in [0.717, 1.165) is 28.3 Å². The Balaban J connectivity index is 2.31. The van der Waals surface area contributed by atoms with Crippen molar-refractivity contribution in [1.82, 2.24) is 0 Å². The summed E-state index contributed by atoms with van der Waals surface area (Å²) >= 11 is 5.89. The van der Waals surface area contributed by atoms with Gasteiger partial charge in [-0.15, -0.1) is 0 Å². The molecule has 2 aromatic rings. The van der Waals surface area contributed by atoms with E-state index in [4.69, 9.17) is 11.6 Å². The lowest BCUT2D eigenvalue weighted by Gasteiger charge is -2.28. The second kappa shape index (κ2) is 7.41. The van der Waals surface area contributed by atoms with Gasteiger partial charge >= 0.3 is 0 Å². The molecule has 5 nitrogen and oxygen atoms in total. The number of benzene rings is 2. The Morgan fingerprint density at radius 3 is 2.32 bits per heavy atom. The van der Waals surface area contributed by atoms with Crippen LogP contribution in [0, 0.1) is 12.7 Å². The molecule has 1 N–H and O–H groups in total. The van der Waals surface area contributed by atoms with Crippen LogP contribution in [0.25, 0.3) is 0 Å². The Hall–Kier alpha value is -2.12. The van der Waals surface area contributed by atoms with E-state index in [1.807, 2.05) is 0 Å². The minimum atomic E-state index is -3.76. The third-order valence-corrected chi connectivity index (χ3v) is 5.09. The van der Waals surface area contributed by atoms with Crippen LogP contribution in [-0.2, 0) is 14.8 Å². The standard InChI is InChI=1S/C17H18ClFN2O3S/c1-11-10-13(18)4-9-16(11)20-17(22)12(2)21(25(3,23)24)15-7-5-14(19)6-8-15/h4-10,12H,1-3H3,(H,20,22)/t12-/m1/s1. The first-order valence-corrected chi connectivity index (χ1v) is 9.64. The molecule has 0 heterocycles. The maximum atomic E-state index is 13.1.